The number of benzene rings is 1. The number of hydrogen-bond donors (Lipinski definition) is 11. The van der Waals surface area contributed by atoms with E-state index >= 15 is 0 Å². The van der Waals surface area contributed by atoms with E-state index in [2.05, 4.69) is 34.4 Å². The van der Waals surface area contributed by atoms with Gasteiger partial charge in [-0.05, 0) is 12.1 Å². The molecular weight excluding hydrogens is 863 g/mol. The summed E-state index contributed by atoms with van der Waals surface area (Å²) in [4.78, 5) is 87.8. The van der Waals surface area contributed by atoms with Crippen LogP contribution in [0.25, 0.3) is 11.2 Å². The molecule has 30 heteroatoms. The summed E-state index contributed by atoms with van der Waals surface area (Å²) in [6.07, 6.45) is -7.13. The maximum atomic E-state index is 12.7. The molecule has 26 nitrogen and oxygen atoms in total. The molecule has 0 radical (unpaired) electrons. The van der Waals surface area contributed by atoms with Crippen LogP contribution in [0.1, 0.15) is 36.9 Å². The second-order valence-corrected chi connectivity index (χ2v) is 18.2. The maximum absolute atomic E-state index is 12.7. The average Bonchev–Trinajstić information content (AvgIpc) is 3.69. The number of para-hydroxylation sites is 1. The number of aromatic hydroxyl groups is 2. The quantitative estimate of drug-likeness (QED) is 0.0383. The Kier molecular flexibility index (Phi) is 15.6. The molecule has 4 rings (SSSR count). The fourth-order valence-corrected chi connectivity index (χ4v) is 8.59. The summed E-state index contributed by atoms with van der Waals surface area (Å²) in [7, 11) is -16.5. The van der Waals surface area contributed by atoms with Crippen LogP contribution in [0, 0.1) is 5.41 Å². The first kappa shape index (κ1) is 47.1. The Morgan fingerprint density at radius 1 is 1.03 bits per heavy atom. The lowest BCUT2D eigenvalue weighted by atomic mass is 9.87. The minimum atomic E-state index is -5.59. The van der Waals surface area contributed by atoms with Gasteiger partial charge in [0.2, 0.25) is 16.9 Å². The molecule has 12 N–H and O–H groups in total. The van der Waals surface area contributed by atoms with Crippen LogP contribution in [-0.4, -0.2) is 133 Å². The number of aliphatic hydroxyl groups excluding tert-OH is 2. The molecule has 1 aliphatic rings. The Bertz CT molecular complexity index is 2120. The lowest BCUT2D eigenvalue weighted by Crippen LogP contribution is -2.46. The highest BCUT2D eigenvalue weighted by Crippen LogP contribution is 2.61. The highest BCUT2D eigenvalue weighted by atomic mass is 32.2. The van der Waals surface area contributed by atoms with Crippen LogP contribution in [0.15, 0.2) is 30.9 Å². The third-order valence-corrected chi connectivity index (χ3v) is 12.0. The van der Waals surface area contributed by atoms with Gasteiger partial charge in [0.25, 0.3) is 0 Å². The van der Waals surface area contributed by atoms with E-state index in [0.717, 1.165) is 29.0 Å². The molecular formula is C28H40N7O19P3S. The average molecular weight is 904 g/mol. The SMILES string of the molecule is CC(C)(COP(=O)(O)OP(=O)(O)OCC1OC(n2cnc3c(N)ncnc32)C(O)C1OP(=O)(O)O)C(O)C(=O)NCCC(=O)NCCSC(=O)c1cccc(O)c1O. The zero-order valence-corrected chi connectivity index (χ0v) is 33.7. The molecule has 1 saturated heterocycles. The number of amides is 2. The molecule has 7 atom stereocenters. The minimum absolute atomic E-state index is 0.0187. The standard InChI is InChI=1S/C28H40N7O19P3S/c1-28(2,22(40)25(41)31-7-6-17(37)30-8-9-58-27(42)14-4-3-5-15(36)19(14)38)11-51-57(48,49)54-56(46,47)50-10-16-21(53-55(43,44)45)20(39)26(52-16)35-13-34-18-23(29)32-12-33-24(18)35/h3-5,12-13,16,20-22,26,36,38-40H,6-11H2,1-2H3,(H,30,37)(H,31,41)(H,46,47)(H,48,49)(H2,29,32,33)(H2,43,44,45). The fraction of sp³-hybridized carbons (Fsp3) is 0.500. The number of imidazole rings is 1. The largest absolute Gasteiger partial charge is 0.504 e. The van der Waals surface area contributed by atoms with Gasteiger partial charge in [-0.3, -0.25) is 32.5 Å². The smallest absolute Gasteiger partial charge is 0.481 e. The topological polar surface area (TPSA) is 404 Å². The normalized spacial score (nSPS) is 21.2. The van der Waals surface area contributed by atoms with Crippen molar-refractivity contribution in [1.82, 2.24) is 30.2 Å². The summed E-state index contributed by atoms with van der Waals surface area (Å²) in [5, 5.41) is 45.0. The molecule has 3 aromatic rings. The molecule has 1 aliphatic heterocycles. The predicted molar refractivity (Wildman–Crippen MR) is 196 cm³/mol. The number of aliphatic hydroxyl groups is 2. The maximum Gasteiger partial charge on any atom is 0.481 e. The lowest BCUT2D eigenvalue weighted by Gasteiger charge is -2.30. The van der Waals surface area contributed by atoms with Crippen molar-refractivity contribution in [2.24, 2.45) is 5.41 Å². The number of thioether (sulfide) groups is 1. The van der Waals surface area contributed by atoms with Crippen molar-refractivity contribution in [3.8, 4) is 11.5 Å². The van der Waals surface area contributed by atoms with Crippen LogP contribution >= 0.6 is 35.2 Å². The third-order valence-electron chi connectivity index (χ3n) is 7.97. The molecule has 3 heterocycles. The predicted octanol–water partition coefficient (Wildman–Crippen LogP) is -0.610. The number of fused-ring (bicyclic) bond motifs is 1. The Balaban J connectivity index is 1.23. The first-order valence-corrected chi connectivity index (χ1v) is 22.0. The molecule has 1 aromatic carbocycles. The van der Waals surface area contributed by atoms with E-state index in [1.165, 1.54) is 32.0 Å². The number of nitrogens with zero attached hydrogens (tertiary/aromatic N) is 4. The molecule has 0 saturated carbocycles. The molecule has 2 aromatic heterocycles. The van der Waals surface area contributed by atoms with Crippen molar-refractivity contribution >= 4 is 69.1 Å². The van der Waals surface area contributed by atoms with Gasteiger partial charge in [0, 0.05) is 30.7 Å². The first-order chi connectivity index (χ1) is 26.9. The number of anilines is 1. The van der Waals surface area contributed by atoms with Gasteiger partial charge in [0.1, 0.15) is 36.3 Å². The van der Waals surface area contributed by atoms with Gasteiger partial charge in [-0.15, -0.1) is 0 Å². The fourth-order valence-electron chi connectivity index (χ4n) is 5.05. The number of carbonyl (C=O) groups excluding carboxylic acids is 3. The number of nitrogens with two attached hydrogens (primary N) is 1. The van der Waals surface area contributed by atoms with Gasteiger partial charge in [0.05, 0.1) is 25.1 Å². The van der Waals surface area contributed by atoms with E-state index < -0.39 is 101 Å². The monoisotopic (exact) mass is 903 g/mol. The zero-order chi connectivity index (χ0) is 43.2. The van der Waals surface area contributed by atoms with E-state index in [-0.39, 0.29) is 47.8 Å². The molecule has 0 bridgehead atoms. The Morgan fingerprint density at radius 3 is 2.41 bits per heavy atom. The van der Waals surface area contributed by atoms with Crippen molar-refractivity contribution in [2.75, 3.05) is 37.8 Å². The van der Waals surface area contributed by atoms with E-state index in [4.69, 9.17) is 19.5 Å². The number of phenolic OH excluding ortho intramolecular Hbond substituents is 2. The van der Waals surface area contributed by atoms with Crippen molar-refractivity contribution in [3.63, 3.8) is 0 Å². The summed E-state index contributed by atoms with van der Waals surface area (Å²) < 4.78 is 62.0. The number of aromatic nitrogens is 4. The van der Waals surface area contributed by atoms with Crippen LogP contribution in [-0.2, 0) is 45.9 Å². The number of phosphoric acid groups is 3. The molecule has 7 unspecified atom stereocenters. The second kappa shape index (κ2) is 19.2. The van der Waals surface area contributed by atoms with Crippen LogP contribution < -0.4 is 16.4 Å². The van der Waals surface area contributed by atoms with E-state index in [1.54, 1.807) is 0 Å². The number of nitrogen functional groups attached to an aromatic ring is 1. The summed E-state index contributed by atoms with van der Waals surface area (Å²) in [6.45, 7) is 0.140. The summed E-state index contributed by atoms with van der Waals surface area (Å²) in [6, 6.07) is 3.90. The van der Waals surface area contributed by atoms with Gasteiger partial charge >= 0.3 is 23.5 Å². The molecule has 2 amide bonds. The first-order valence-electron chi connectivity index (χ1n) is 16.5. The highest BCUT2D eigenvalue weighted by Gasteiger charge is 2.50. The number of carbonyl (C=O) groups is 3. The third kappa shape index (κ3) is 12.7. The van der Waals surface area contributed by atoms with E-state index in [0.29, 0.717) is 0 Å². The summed E-state index contributed by atoms with van der Waals surface area (Å²) in [5.41, 5.74) is 4.09. The molecule has 0 aliphatic carbocycles. The van der Waals surface area contributed by atoms with Crippen LogP contribution in [0.4, 0.5) is 5.82 Å². The summed E-state index contributed by atoms with van der Waals surface area (Å²) in [5.74, 6) is -2.53. The van der Waals surface area contributed by atoms with Crippen molar-refractivity contribution in [3.05, 3.63) is 36.4 Å². The number of rotatable bonds is 20. The Morgan fingerprint density at radius 2 is 1.72 bits per heavy atom. The van der Waals surface area contributed by atoms with Gasteiger partial charge in [-0.25, -0.2) is 28.6 Å². The number of ether oxygens (including phenoxy) is 1. The van der Waals surface area contributed by atoms with Gasteiger partial charge < -0.3 is 61.1 Å². The number of hydrogen-bond acceptors (Lipinski definition) is 20. The minimum Gasteiger partial charge on any atom is -0.504 e. The van der Waals surface area contributed by atoms with Crippen molar-refractivity contribution in [1.29, 1.82) is 0 Å². The molecule has 1 fully saturated rings. The van der Waals surface area contributed by atoms with Crippen LogP contribution in [0.2, 0.25) is 0 Å². The van der Waals surface area contributed by atoms with Crippen LogP contribution in [0.5, 0.6) is 11.5 Å². The molecule has 58 heavy (non-hydrogen) atoms. The van der Waals surface area contributed by atoms with Gasteiger partial charge in [-0.1, -0.05) is 31.7 Å². The number of nitrogens with one attached hydrogen (secondary N) is 2. The van der Waals surface area contributed by atoms with Gasteiger partial charge in [-0.2, -0.15) is 4.31 Å². The number of phenols is 2. The van der Waals surface area contributed by atoms with Crippen molar-refractivity contribution in [2.45, 2.75) is 50.9 Å². The number of phosphoric ester groups is 3. The Labute approximate surface area is 331 Å². The van der Waals surface area contributed by atoms with Crippen molar-refractivity contribution < 1.29 is 90.7 Å². The zero-order valence-electron chi connectivity index (χ0n) is 30.2. The van der Waals surface area contributed by atoms with Crippen LogP contribution in [0.3, 0.4) is 0 Å². The Hall–Kier alpha value is -3.62. The second-order valence-electron chi connectivity index (χ2n) is 12.9. The molecule has 0 spiro atoms. The summed E-state index contributed by atoms with van der Waals surface area (Å²) >= 11 is 0.775. The van der Waals surface area contributed by atoms with Gasteiger partial charge in [0.15, 0.2) is 29.2 Å². The van der Waals surface area contributed by atoms with E-state index in [9.17, 15) is 68.1 Å². The highest BCUT2D eigenvalue weighted by molar-refractivity contribution is 8.14. The molecule has 322 valence electrons. The lowest BCUT2D eigenvalue weighted by molar-refractivity contribution is -0.137. The van der Waals surface area contributed by atoms with E-state index in [1.807, 2.05) is 0 Å².